The molecule has 2 fully saturated rings. The predicted molar refractivity (Wildman–Crippen MR) is 131 cm³/mol. The number of nitrogens with zero attached hydrogens (tertiary/aromatic N) is 2. The first-order valence-electron chi connectivity index (χ1n) is 12.3. The fourth-order valence-corrected chi connectivity index (χ4v) is 5.52. The maximum absolute atomic E-state index is 12.7. The number of para-hydroxylation sites is 1. The number of amides is 3. The Labute approximate surface area is 203 Å². The molecule has 1 aliphatic heterocycles. The van der Waals surface area contributed by atoms with Gasteiger partial charge in [-0.25, -0.2) is 0 Å². The summed E-state index contributed by atoms with van der Waals surface area (Å²) in [6.45, 7) is 3.94. The van der Waals surface area contributed by atoms with Gasteiger partial charge in [-0.05, 0) is 51.0 Å². The second kappa shape index (κ2) is 9.17. The van der Waals surface area contributed by atoms with Gasteiger partial charge in [-0.2, -0.15) is 0 Å². The second-order valence-corrected chi connectivity index (χ2v) is 9.37. The molecule has 8 nitrogen and oxygen atoms in total. The highest BCUT2D eigenvalue weighted by Gasteiger charge is 2.48. The lowest BCUT2D eigenvalue weighted by Crippen LogP contribution is -2.39. The van der Waals surface area contributed by atoms with E-state index < -0.39 is 24.5 Å². The fraction of sp³-hybridized carbons (Fsp3) is 0.407. The van der Waals surface area contributed by atoms with Crippen molar-refractivity contribution >= 4 is 51.2 Å². The summed E-state index contributed by atoms with van der Waals surface area (Å²) in [7, 11) is 0. The average molecular weight is 476 g/mol. The van der Waals surface area contributed by atoms with Gasteiger partial charge in [0.1, 0.15) is 6.54 Å². The third-order valence-corrected chi connectivity index (χ3v) is 7.25. The summed E-state index contributed by atoms with van der Waals surface area (Å²) >= 11 is 0. The van der Waals surface area contributed by atoms with Gasteiger partial charge in [0, 0.05) is 34.0 Å². The van der Waals surface area contributed by atoms with Crippen LogP contribution < -0.4 is 5.32 Å². The van der Waals surface area contributed by atoms with Gasteiger partial charge in [-0.15, -0.1) is 0 Å². The van der Waals surface area contributed by atoms with Gasteiger partial charge in [0.05, 0.1) is 11.8 Å². The summed E-state index contributed by atoms with van der Waals surface area (Å²) in [6, 6.07) is 13.8. The Morgan fingerprint density at radius 3 is 2.34 bits per heavy atom. The number of fused-ring (bicyclic) bond motifs is 4. The molecule has 0 bridgehead atoms. The molecule has 1 N–H and O–H groups in total. The molecule has 2 heterocycles. The predicted octanol–water partition coefficient (Wildman–Crippen LogP) is 3.86. The molecule has 5 rings (SSSR count). The zero-order chi connectivity index (χ0) is 24.7. The number of esters is 1. The number of carbonyl (C=O) groups excluding carboxylic acids is 4. The minimum absolute atomic E-state index is 0.298. The number of benzene rings is 2. The number of aryl methyl sites for hydroxylation is 1. The normalized spacial score (nSPS) is 20.8. The zero-order valence-electron chi connectivity index (χ0n) is 20.0. The van der Waals surface area contributed by atoms with Crippen LogP contribution in [0.25, 0.3) is 21.8 Å². The van der Waals surface area contributed by atoms with Crippen LogP contribution in [0.4, 0.5) is 5.69 Å². The van der Waals surface area contributed by atoms with E-state index in [0.29, 0.717) is 18.5 Å². The third kappa shape index (κ3) is 4.07. The van der Waals surface area contributed by atoms with Gasteiger partial charge in [-0.3, -0.25) is 24.1 Å². The Kier molecular flexibility index (Phi) is 6.05. The van der Waals surface area contributed by atoms with E-state index in [1.54, 1.807) is 0 Å². The molecule has 35 heavy (non-hydrogen) atoms. The number of rotatable bonds is 6. The second-order valence-electron chi connectivity index (χ2n) is 9.37. The quantitative estimate of drug-likeness (QED) is 0.431. The molecule has 3 aromatic rings. The highest BCUT2D eigenvalue weighted by atomic mass is 16.5. The van der Waals surface area contributed by atoms with E-state index in [1.165, 1.54) is 6.92 Å². The van der Waals surface area contributed by atoms with Crippen LogP contribution in [0.5, 0.6) is 0 Å². The summed E-state index contributed by atoms with van der Waals surface area (Å²) < 4.78 is 7.49. The molecule has 1 saturated carbocycles. The largest absolute Gasteiger partial charge is 0.451 e. The molecular weight excluding hydrogens is 446 g/mol. The monoisotopic (exact) mass is 475 g/mol. The molecule has 3 unspecified atom stereocenters. The van der Waals surface area contributed by atoms with Crippen molar-refractivity contribution in [3.63, 3.8) is 0 Å². The van der Waals surface area contributed by atoms with Crippen molar-refractivity contribution in [2.75, 3.05) is 11.9 Å². The SMILES string of the molecule is CCn1c2ccccc2c2cc(NC(=O)C(C)OC(=O)CN3C(=O)C4CCCCC4C3=O)ccc21. The lowest BCUT2D eigenvalue weighted by atomic mass is 9.81. The Balaban J connectivity index is 1.25. The first-order valence-corrected chi connectivity index (χ1v) is 12.3. The smallest absolute Gasteiger partial charge is 0.326 e. The van der Waals surface area contributed by atoms with Gasteiger partial charge < -0.3 is 14.6 Å². The fourth-order valence-electron chi connectivity index (χ4n) is 5.52. The number of ether oxygens (including phenoxy) is 1. The van der Waals surface area contributed by atoms with Crippen molar-refractivity contribution in [3.05, 3.63) is 42.5 Å². The van der Waals surface area contributed by atoms with Gasteiger partial charge in [0.25, 0.3) is 5.91 Å². The molecule has 1 aliphatic carbocycles. The Morgan fingerprint density at radius 1 is 1.00 bits per heavy atom. The van der Waals surface area contributed by atoms with Crippen molar-refractivity contribution in [2.45, 2.75) is 52.2 Å². The highest BCUT2D eigenvalue weighted by molar-refractivity contribution is 6.10. The average Bonchev–Trinajstić information content (AvgIpc) is 3.31. The van der Waals surface area contributed by atoms with Gasteiger partial charge in [0.15, 0.2) is 6.10 Å². The summed E-state index contributed by atoms with van der Waals surface area (Å²) in [5.41, 5.74) is 2.80. The van der Waals surface area contributed by atoms with Gasteiger partial charge >= 0.3 is 5.97 Å². The molecule has 0 spiro atoms. The Hall–Kier alpha value is -3.68. The number of hydrogen-bond donors (Lipinski definition) is 1. The van der Waals surface area contributed by atoms with Crippen LogP contribution >= 0.6 is 0 Å². The minimum Gasteiger partial charge on any atom is -0.451 e. The maximum atomic E-state index is 12.7. The number of imide groups is 1. The summed E-state index contributed by atoms with van der Waals surface area (Å²) in [5, 5.41) is 4.93. The van der Waals surface area contributed by atoms with Crippen LogP contribution in [0.15, 0.2) is 42.5 Å². The van der Waals surface area contributed by atoms with Crippen LogP contribution in [0.1, 0.15) is 39.5 Å². The molecule has 8 heteroatoms. The first kappa shape index (κ1) is 23.1. The number of carbonyl (C=O) groups is 4. The van der Waals surface area contributed by atoms with Crippen LogP contribution in [0, 0.1) is 11.8 Å². The van der Waals surface area contributed by atoms with E-state index in [9.17, 15) is 19.2 Å². The summed E-state index contributed by atoms with van der Waals surface area (Å²) in [5.74, 6) is -2.49. The minimum atomic E-state index is -1.08. The van der Waals surface area contributed by atoms with Crippen molar-refractivity contribution in [1.82, 2.24) is 9.47 Å². The highest BCUT2D eigenvalue weighted by Crippen LogP contribution is 2.38. The molecule has 1 aromatic heterocycles. The molecule has 3 atom stereocenters. The van der Waals surface area contributed by atoms with Crippen LogP contribution in [0.2, 0.25) is 0 Å². The summed E-state index contributed by atoms with van der Waals surface area (Å²) in [4.78, 5) is 51.4. The molecule has 2 aromatic carbocycles. The number of nitrogens with one attached hydrogen (secondary N) is 1. The van der Waals surface area contributed by atoms with Crippen molar-refractivity contribution in [1.29, 1.82) is 0 Å². The lowest BCUT2D eigenvalue weighted by molar-refractivity contribution is -0.158. The standard InChI is InChI=1S/C27H29N3O5/c1-3-29-22-11-7-6-8-18(22)21-14-17(12-13-23(21)29)28-25(32)16(2)35-24(31)15-30-26(33)19-9-4-5-10-20(19)27(30)34/h6-8,11-14,16,19-20H,3-5,9-10,15H2,1-2H3,(H,28,32). The number of aromatic nitrogens is 1. The summed E-state index contributed by atoms with van der Waals surface area (Å²) in [6.07, 6.45) is 2.12. The third-order valence-electron chi connectivity index (χ3n) is 7.25. The molecule has 182 valence electrons. The number of anilines is 1. The van der Waals surface area contributed by atoms with Crippen LogP contribution in [-0.2, 0) is 30.5 Å². The van der Waals surface area contributed by atoms with Crippen LogP contribution in [0.3, 0.4) is 0 Å². The zero-order valence-corrected chi connectivity index (χ0v) is 20.0. The van der Waals surface area contributed by atoms with Crippen molar-refractivity contribution in [3.8, 4) is 0 Å². The Morgan fingerprint density at radius 2 is 1.66 bits per heavy atom. The van der Waals surface area contributed by atoms with E-state index in [0.717, 1.165) is 46.1 Å². The number of hydrogen-bond acceptors (Lipinski definition) is 5. The van der Waals surface area contributed by atoms with Crippen LogP contribution in [-0.4, -0.2) is 45.8 Å². The molecular formula is C27H29N3O5. The first-order chi connectivity index (χ1) is 16.9. The molecule has 2 aliphatic rings. The molecule has 3 amide bonds. The van der Waals surface area contributed by atoms with Gasteiger partial charge in [-0.1, -0.05) is 31.0 Å². The molecule has 1 saturated heterocycles. The topological polar surface area (TPSA) is 97.7 Å². The van der Waals surface area contributed by atoms with E-state index in [4.69, 9.17) is 4.74 Å². The van der Waals surface area contributed by atoms with Crippen molar-refractivity contribution in [2.24, 2.45) is 11.8 Å². The van der Waals surface area contributed by atoms with E-state index in [2.05, 4.69) is 28.9 Å². The molecule has 0 radical (unpaired) electrons. The Bertz CT molecular complexity index is 1320. The van der Waals surface area contributed by atoms with E-state index in [1.807, 2.05) is 30.3 Å². The lowest BCUT2D eigenvalue weighted by Gasteiger charge is -2.19. The van der Waals surface area contributed by atoms with Crippen molar-refractivity contribution < 1.29 is 23.9 Å². The number of likely N-dealkylation sites (tertiary alicyclic amines) is 1. The maximum Gasteiger partial charge on any atom is 0.326 e. The van der Waals surface area contributed by atoms with E-state index in [-0.39, 0.29) is 23.7 Å². The van der Waals surface area contributed by atoms with Gasteiger partial charge in [0.2, 0.25) is 11.8 Å². The van der Waals surface area contributed by atoms with E-state index >= 15 is 0 Å².